The van der Waals surface area contributed by atoms with Gasteiger partial charge >= 0.3 is 6.18 Å². The van der Waals surface area contributed by atoms with E-state index < -0.39 is 11.7 Å². The molecule has 2 aromatic carbocycles. The molecule has 3 aromatic rings. The summed E-state index contributed by atoms with van der Waals surface area (Å²) in [5, 5.41) is 0. The number of nitrogens with zero attached hydrogens (tertiary/aromatic N) is 2. The van der Waals surface area contributed by atoms with Crippen LogP contribution in [0, 0.1) is 5.82 Å². The first kappa shape index (κ1) is 18.7. The van der Waals surface area contributed by atoms with E-state index in [2.05, 4.69) is 9.47 Å². The van der Waals surface area contributed by atoms with E-state index >= 15 is 0 Å². The van der Waals surface area contributed by atoms with Gasteiger partial charge < -0.3 is 4.57 Å². The molecule has 0 spiro atoms. The summed E-state index contributed by atoms with van der Waals surface area (Å²) >= 11 is 0. The molecular weight excluding hydrogens is 368 g/mol. The van der Waals surface area contributed by atoms with Gasteiger partial charge in [0.05, 0.1) is 11.6 Å². The van der Waals surface area contributed by atoms with Gasteiger partial charge in [0.2, 0.25) is 0 Å². The Hall–Kier alpha value is -2.60. The van der Waals surface area contributed by atoms with E-state index in [1.165, 1.54) is 18.2 Å². The Kier molecular flexibility index (Phi) is 4.98. The highest BCUT2D eigenvalue weighted by Gasteiger charge is 2.32. The zero-order chi connectivity index (χ0) is 19.7. The first-order chi connectivity index (χ1) is 13.4. The van der Waals surface area contributed by atoms with E-state index in [0.717, 1.165) is 42.9 Å². The molecule has 0 radical (unpaired) electrons. The molecule has 0 unspecified atom stereocenters. The minimum atomic E-state index is -4.37. The van der Waals surface area contributed by atoms with E-state index in [1.807, 2.05) is 18.3 Å². The summed E-state index contributed by atoms with van der Waals surface area (Å²) in [7, 11) is 0. The quantitative estimate of drug-likeness (QED) is 0.527. The fourth-order valence-electron chi connectivity index (χ4n) is 3.89. The molecule has 28 heavy (non-hydrogen) atoms. The average molecular weight is 388 g/mol. The van der Waals surface area contributed by atoms with Crippen molar-refractivity contribution in [1.82, 2.24) is 9.47 Å². The van der Waals surface area contributed by atoms with E-state index in [4.69, 9.17) is 0 Å². The first-order valence-corrected chi connectivity index (χ1v) is 9.23. The highest BCUT2D eigenvalue weighted by atomic mass is 19.4. The molecule has 0 fully saturated rings. The predicted molar refractivity (Wildman–Crippen MR) is 99.1 cm³/mol. The molecule has 4 rings (SSSR count). The second-order valence-corrected chi connectivity index (χ2v) is 7.06. The number of alkyl halides is 3. The van der Waals surface area contributed by atoms with Gasteiger partial charge in [-0.1, -0.05) is 30.3 Å². The van der Waals surface area contributed by atoms with Crippen LogP contribution in [0.3, 0.4) is 0 Å². The second kappa shape index (κ2) is 7.43. The van der Waals surface area contributed by atoms with Gasteiger partial charge in [0.15, 0.2) is 0 Å². The van der Waals surface area contributed by atoms with Crippen LogP contribution in [-0.4, -0.2) is 16.0 Å². The van der Waals surface area contributed by atoms with Crippen LogP contribution < -0.4 is 0 Å². The Bertz CT molecular complexity index is 944. The largest absolute Gasteiger partial charge is 0.416 e. The average Bonchev–Trinajstić information content (AvgIpc) is 3.04. The van der Waals surface area contributed by atoms with Crippen molar-refractivity contribution in [2.45, 2.75) is 31.7 Å². The topological polar surface area (TPSA) is 8.17 Å². The normalized spacial score (nSPS) is 17.9. The molecule has 2 nitrogen and oxygen atoms in total. The number of halogens is 4. The summed E-state index contributed by atoms with van der Waals surface area (Å²) in [6, 6.07) is 15.6. The smallest absolute Gasteiger partial charge is 0.350 e. The van der Waals surface area contributed by atoms with Gasteiger partial charge in [0.1, 0.15) is 5.82 Å². The highest BCUT2D eigenvalue weighted by molar-refractivity contribution is 5.33. The maximum atomic E-state index is 14.2. The van der Waals surface area contributed by atoms with Gasteiger partial charge in [-0.2, -0.15) is 13.2 Å². The number of aromatic nitrogens is 1. The number of fused-ring (bicyclic) bond motifs is 1. The molecule has 1 aromatic heterocycles. The second-order valence-electron chi connectivity index (χ2n) is 7.06. The van der Waals surface area contributed by atoms with Crippen LogP contribution in [-0.2, 0) is 19.3 Å². The Morgan fingerprint density at radius 3 is 2.36 bits per heavy atom. The summed E-state index contributed by atoms with van der Waals surface area (Å²) in [6.45, 7) is 1.94. The lowest BCUT2D eigenvalue weighted by molar-refractivity contribution is -0.137. The molecule has 0 saturated heterocycles. The molecule has 1 atom stereocenters. The van der Waals surface area contributed by atoms with Gasteiger partial charge in [-0.25, -0.2) is 4.39 Å². The molecule has 0 saturated carbocycles. The summed E-state index contributed by atoms with van der Waals surface area (Å²) in [6.07, 6.45) is -1.50. The highest BCUT2D eigenvalue weighted by Crippen LogP contribution is 2.35. The van der Waals surface area contributed by atoms with Crippen LogP contribution >= 0.6 is 0 Å². The standard InChI is InChI=1S/C22H20F4N2/c23-19-6-2-1-5-17(19)15-28-14-4-13-27-12-3-7-20(27)21(28)16-8-10-18(11-9-16)22(24,25)26/h1-3,5-12,21H,4,13-15H2/t21-/m0/s1. The lowest BCUT2D eigenvalue weighted by Gasteiger charge is -2.31. The predicted octanol–water partition coefficient (Wildman–Crippen LogP) is 5.64. The van der Waals surface area contributed by atoms with Gasteiger partial charge in [-0.15, -0.1) is 0 Å². The first-order valence-electron chi connectivity index (χ1n) is 9.23. The number of rotatable bonds is 3. The third-order valence-corrected chi connectivity index (χ3v) is 5.24. The van der Waals surface area contributed by atoms with E-state index in [9.17, 15) is 17.6 Å². The van der Waals surface area contributed by atoms with Crippen LogP contribution in [0.4, 0.5) is 17.6 Å². The maximum absolute atomic E-state index is 14.2. The Morgan fingerprint density at radius 1 is 0.893 bits per heavy atom. The molecule has 0 aliphatic carbocycles. The van der Waals surface area contributed by atoms with Crippen LogP contribution in [0.5, 0.6) is 0 Å². The summed E-state index contributed by atoms with van der Waals surface area (Å²) in [5.41, 5.74) is 1.69. The maximum Gasteiger partial charge on any atom is 0.416 e. The van der Waals surface area contributed by atoms with Crippen molar-refractivity contribution in [1.29, 1.82) is 0 Å². The van der Waals surface area contributed by atoms with Crippen molar-refractivity contribution in [3.8, 4) is 0 Å². The van der Waals surface area contributed by atoms with Crippen LogP contribution in [0.25, 0.3) is 0 Å². The van der Waals surface area contributed by atoms with Crippen molar-refractivity contribution in [2.24, 2.45) is 0 Å². The van der Waals surface area contributed by atoms with Crippen molar-refractivity contribution in [3.63, 3.8) is 0 Å². The Morgan fingerprint density at radius 2 is 1.64 bits per heavy atom. The number of benzene rings is 2. The molecule has 0 N–H and O–H groups in total. The molecule has 2 heterocycles. The lowest BCUT2D eigenvalue weighted by atomic mass is 9.99. The van der Waals surface area contributed by atoms with E-state index in [0.29, 0.717) is 12.1 Å². The van der Waals surface area contributed by atoms with Crippen molar-refractivity contribution < 1.29 is 17.6 Å². The van der Waals surface area contributed by atoms with E-state index in [-0.39, 0.29) is 11.9 Å². The third kappa shape index (κ3) is 3.69. The van der Waals surface area contributed by atoms with Crippen molar-refractivity contribution in [3.05, 3.63) is 95.1 Å². The van der Waals surface area contributed by atoms with E-state index in [1.54, 1.807) is 18.2 Å². The fraction of sp³-hybridized carbons (Fsp3) is 0.273. The zero-order valence-electron chi connectivity index (χ0n) is 15.2. The van der Waals surface area contributed by atoms with Crippen LogP contribution in [0.15, 0.2) is 66.9 Å². The van der Waals surface area contributed by atoms with Crippen molar-refractivity contribution in [2.75, 3.05) is 6.54 Å². The Balaban J connectivity index is 1.73. The summed E-state index contributed by atoms with van der Waals surface area (Å²) in [4.78, 5) is 2.14. The Labute approximate surface area is 161 Å². The van der Waals surface area contributed by atoms with Gasteiger partial charge in [-0.05, 0) is 42.3 Å². The SMILES string of the molecule is Fc1ccccc1CN1CCCn2cccc2[C@@H]1c1ccc(C(F)(F)F)cc1. The minimum absolute atomic E-state index is 0.237. The lowest BCUT2D eigenvalue weighted by Crippen LogP contribution is -2.30. The van der Waals surface area contributed by atoms with Gasteiger partial charge in [0.25, 0.3) is 0 Å². The van der Waals surface area contributed by atoms with Crippen LogP contribution in [0.1, 0.15) is 34.8 Å². The molecule has 0 amide bonds. The van der Waals surface area contributed by atoms with Crippen LogP contribution in [0.2, 0.25) is 0 Å². The molecule has 1 aliphatic heterocycles. The zero-order valence-corrected chi connectivity index (χ0v) is 15.2. The van der Waals surface area contributed by atoms with Crippen molar-refractivity contribution >= 4 is 0 Å². The molecule has 6 heteroatoms. The molecular formula is C22H20F4N2. The minimum Gasteiger partial charge on any atom is -0.350 e. The number of aryl methyl sites for hydroxylation is 1. The van der Waals surface area contributed by atoms with Gasteiger partial charge in [-0.3, -0.25) is 4.90 Å². The third-order valence-electron chi connectivity index (χ3n) is 5.24. The molecule has 146 valence electrons. The molecule has 1 aliphatic rings. The monoisotopic (exact) mass is 388 g/mol. The molecule has 0 bridgehead atoms. The number of hydrogen-bond acceptors (Lipinski definition) is 1. The summed E-state index contributed by atoms with van der Waals surface area (Å²) < 4.78 is 55.3. The summed E-state index contributed by atoms with van der Waals surface area (Å²) in [5.74, 6) is -0.270. The fourth-order valence-corrected chi connectivity index (χ4v) is 3.89. The van der Waals surface area contributed by atoms with Gasteiger partial charge in [0, 0.05) is 37.1 Å². The number of hydrogen-bond donors (Lipinski definition) is 0.